The molecule has 1 aliphatic rings. The third kappa shape index (κ3) is 2.32. The fourth-order valence-electron chi connectivity index (χ4n) is 1.56. The zero-order valence-corrected chi connectivity index (χ0v) is 6.93. The summed E-state index contributed by atoms with van der Waals surface area (Å²) in [7, 11) is 0. The Kier molecular flexibility index (Phi) is 2.72. The molecule has 0 unspecified atom stereocenters. The molecule has 1 fully saturated rings. The third-order valence-corrected chi connectivity index (χ3v) is 2.24. The number of aliphatic hydroxyl groups is 1. The van der Waals surface area contributed by atoms with E-state index in [4.69, 9.17) is 10.8 Å². The first-order chi connectivity index (χ1) is 6.00. The van der Waals surface area contributed by atoms with Crippen molar-refractivity contribution < 1.29 is 19.8 Å². The highest BCUT2D eigenvalue weighted by Gasteiger charge is 2.36. The first-order valence-corrected chi connectivity index (χ1v) is 3.97. The second kappa shape index (κ2) is 3.61. The minimum atomic E-state index is -1.20. The van der Waals surface area contributed by atoms with Crippen LogP contribution in [0.3, 0.4) is 0 Å². The molecule has 0 spiro atoms. The Morgan fingerprint density at radius 2 is 2.00 bits per heavy atom. The van der Waals surface area contributed by atoms with Crippen molar-refractivity contribution in [1.29, 1.82) is 0 Å². The quantitative estimate of drug-likeness (QED) is 0.439. The normalized spacial score (nSPS) is 32.8. The Balaban J connectivity index is 2.51. The van der Waals surface area contributed by atoms with E-state index in [1.807, 2.05) is 0 Å². The lowest BCUT2D eigenvalue weighted by molar-refractivity contribution is -0.121. The van der Waals surface area contributed by atoms with Crippen LogP contribution in [0.5, 0.6) is 0 Å². The van der Waals surface area contributed by atoms with Gasteiger partial charge in [-0.2, -0.15) is 0 Å². The molecule has 0 aromatic carbocycles. The summed E-state index contributed by atoms with van der Waals surface area (Å²) in [6.45, 7) is 0. The van der Waals surface area contributed by atoms with Crippen molar-refractivity contribution in [3.8, 4) is 0 Å². The molecule has 6 heteroatoms. The molecule has 0 aliphatic heterocycles. The number of hydrogen-bond acceptors (Lipinski definition) is 3. The molecule has 0 saturated heterocycles. The molecule has 1 saturated carbocycles. The third-order valence-electron chi connectivity index (χ3n) is 2.24. The van der Waals surface area contributed by atoms with E-state index >= 15 is 0 Å². The molecule has 74 valence electrons. The van der Waals surface area contributed by atoms with Crippen LogP contribution in [0.4, 0.5) is 4.79 Å². The van der Waals surface area contributed by atoms with Crippen LogP contribution in [0.25, 0.3) is 0 Å². The molecular formula is C7H12N2O4. The summed E-state index contributed by atoms with van der Waals surface area (Å²) in [5.74, 6) is -0.916. The second-order valence-electron chi connectivity index (χ2n) is 3.19. The van der Waals surface area contributed by atoms with Crippen LogP contribution >= 0.6 is 0 Å². The fourth-order valence-corrected chi connectivity index (χ4v) is 1.56. The van der Waals surface area contributed by atoms with Crippen LogP contribution in [0.1, 0.15) is 12.8 Å². The standard InChI is InChI=1S/C7H12N2O4/c8-6(11)3-1-4(5(10)2-3)9-7(12)13/h3-5,9-10H,1-2H2,(H2,8,11)(H,12,13)/t3-,4-,5-/m1/s1. The smallest absolute Gasteiger partial charge is 0.404 e. The highest BCUT2D eigenvalue weighted by Crippen LogP contribution is 2.25. The van der Waals surface area contributed by atoms with Crippen LogP contribution in [-0.2, 0) is 4.79 Å². The summed E-state index contributed by atoms with van der Waals surface area (Å²) in [4.78, 5) is 21.0. The summed E-state index contributed by atoms with van der Waals surface area (Å²) < 4.78 is 0. The molecule has 0 aromatic heterocycles. The molecule has 6 nitrogen and oxygen atoms in total. The van der Waals surface area contributed by atoms with Crippen LogP contribution < -0.4 is 11.1 Å². The lowest BCUT2D eigenvalue weighted by Crippen LogP contribution is -2.39. The molecular weight excluding hydrogens is 176 g/mol. The van der Waals surface area contributed by atoms with E-state index in [1.165, 1.54) is 0 Å². The molecule has 0 aromatic rings. The van der Waals surface area contributed by atoms with E-state index in [0.29, 0.717) is 0 Å². The van der Waals surface area contributed by atoms with Gasteiger partial charge in [-0.25, -0.2) is 4.79 Å². The summed E-state index contributed by atoms with van der Waals surface area (Å²) in [5.41, 5.74) is 5.03. The predicted octanol–water partition coefficient (Wildman–Crippen LogP) is -1.12. The van der Waals surface area contributed by atoms with Crippen LogP contribution in [0.15, 0.2) is 0 Å². The number of nitrogens with one attached hydrogen (secondary N) is 1. The predicted molar refractivity (Wildman–Crippen MR) is 42.9 cm³/mol. The summed E-state index contributed by atoms with van der Waals surface area (Å²) in [5, 5.41) is 19.8. The summed E-state index contributed by atoms with van der Waals surface area (Å²) in [6, 6.07) is -0.574. The maximum Gasteiger partial charge on any atom is 0.404 e. The van der Waals surface area contributed by atoms with Gasteiger partial charge in [0.2, 0.25) is 5.91 Å². The Morgan fingerprint density at radius 3 is 2.38 bits per heavy atom. The molecule has 1 rings (SSSR count). The second-order valence-corrected chi connectivity index (χ2v) is 3.19. The Hall–Kier alpha value is -1.30. The molecule has 2 amide bonds. The maximum atomic E-state index is 10.7. The van der Waals surface area contributed by atoms with E-state index in [-0.39, 0.29) is 12.8 Å². The van der Waals surface area contributed by atoms with Gasteiger partial charge in [0.1, 0.15) is 0 Å². The van der Waals surface area contributed by atoms with Gasteiger partial charge in [-0.05, 0) is 12.8 Å². The molecule has 0 radical (unpaired) electrons. The van der Waals surface area contributed by atoms with Crippen molar-refractivity contribution in [1.82, 2.24) is 5.32 Å². The van der Waals surface area contributed by atoms with Crippen LogP contribution in [-0.4, -0.2) is 34.4 Å². The van der Waals surface area contributed by atoms with Gasteiger partial charge < -0.3 is 21.3 Å². The summed E-state index contributed by atoms with van der Waals surface area (Å²) >= 11 is 0. The highest BCUT2D eigenvalue weighted by atomic mass is 16.4. The summed E-state index contributed by atoms with van der Waals surface area (Å²) in [6.07, 6.45) is -1.49. The van der Waals surface area contributed by atoms with E-state index in [9.17, 15) is 14.7 Å². The number of aliphatic hydroxyl groups excluding tert-OH is 1. The molecule has 1 aliphatic carbocycles. The van der Waals surface area contributed by atoms with Gasteiger partial charge >= 0.3 is 6.09 Å². The van der Waals surface area contributed by atoms with E-state index in [1.54, 1.807) is 0 Å². The Bertz CT molecular complexity index is 231. The molecule has 13 heavy (non-hydrogen) atoms. The first kappa shape index (κ1) is 9.79. The van der Waals surface area contributed by atoms with Crippen molar-refractivity contribution in [3.63, 3.8) is 0 Å². The van der Waals surface area contributed by atoms with Crippen molar-refractivity contribution in [2.24, 2.45) is 11.7 Å². The van der Waals surface area contributed by atoms with Crippen molar-refractivity contribution in [3.05, 3.63) is 0 Å². The number of amides is 2. The average Bonchev–Trinajstić information content (AvgIpc) is 2.31. The molecule has 0 heterocycles. The maximum absolute atomic E-state index is 10.7. The number of carbonyl (C=O) groups is 2. The molecule has 0 bridgehead atoms. The fraction of sp³-hybridized carbons (Fsp3) is 0.714. The highest BCUT2D eigenvalue weighted by molar-refractivity contribution is 5.77. The lowest BCUT2D eigenvalue weighted by atomic mass is 10.1. The van der Waals surface area contributed by atoms with Crippen molar-refractivity contribution in [2.75, 3.05) is 0 Å². The largest absolute Gasteiger partial charge is 0.465 e. The van der Waals surface area contributed by atoms with Crippen molar-refractivity contribution in [2.45, 2.75) is 25.0 Å². The van der Waals surface area contributed by atoms with Gasteiger partial charge in [-0.15, -0.1) is 0 Å². The Labute approximate surface area is 74.7 Å². The van der Waals surface area contributed by atoms with Gasteiger partial charge in [0, 0.05) is 5.92 Å². The lowest BCUT2D eigenvalue weighted by Gasteiger charge is -2.12. The van der Waals surface area contributed by atoms with E-state index in [0.717, 1.165) is 0 Å². The average molecular weight is 188 g/mol. The van der Waals surface area contributed by atoms with Gasteiger partial charge in [0.15, 0.2) is 0 Å². The van der Waals surface area contributed by atoms with Gasteiger partial charge in [-0.1, -0.05) is 0 Å². The minimum absolute atomic E-state index is 0.236. The number of carbonyl (C=O) groups excluding carboxylic acids is 1. The number of hydrogen-bond donors (Lipinski definition) is 4. The monoisotopic (exact) mass is 188 g/mol. The van der Waals surface area contributed by atoms with Gasteiger partial charge in [-0.3, -0.25) is 4.79 Å². The van der Waals surface area contributed by atoms with Crippen molar-refractivity contribution >= 4 is 12.0 Å². The van der Waals surface area contributed by atoms with E-state index < -0.39 is 30.1 Å². The zero-order valence-electron chi connectivity index (χ0n) is 6.93. The number of rotatable bonds is 2. The Morgan fingerprint density at radius 1 is 1.38 bits per heavy atom. The van der Waals surface area contributed by atoms with Gasteiger partial charge in [0.25, 0.3) is 0 Å². The SMILES string of the molecule is NC(=O)[C@H]1C[C@@H](O)[C@H](NC(=O)O)C1. The van der Waals surface area contributed by atoms with Crippen LogP contribution in [0.2, 0.25) is 0 Å². The molecule has 5 N–H and O–H groups in total. The topological polar surface area (TPSA) is 113 Å². The number of carboxylic acid groups (broad SMARTS) is 1. The minimum Gasteiger partial charge on any atom is -0.465 e. The number of primary amides is 1. The number of nitrogens with two attached hydrogens (primary N) is 1. The zero-order chi connectivity index (χ0) is 10.0. The molecule has 3 atom stereocenters. The van der Waals surface area contributed by atoms with E-state index in [2.05, 4.69) is 5.32 Å². The first-order valence-electron chi connectivity index (χ1n) is 3.97. The van der Waals surface area contributed by atoms with Gasteiger partial charge in [0.05, 0.1) is 12.1 Å². The van der Waals surface area contributed by atoms with Crippen LogP contribution in [0, 0.1) is 5.92 Å².